The van der Waals surface area contributed by atoms with Gasteiger partial charge in [-0.2, -0.15) is 18.3 Å². The Labute approximate surface area is 137 Å². The van der Waals surface area contributed by atoms with E-state index in [0.29, 0.717) is 10.2 Å². The molecule has 1 fully saturated rings. The highest BCUT2D eigenvalue weighted by Gasteiger charge is 2.32. The van der Waals surface area contributed by atoms with E-state index in [-0.39, 0.29) is 11.9 Å². The van der Waals surface area contributed by atoms with Gasteiger partial charge in [-0.15, -0.1) is 0 Å². The maximum atomic E-state index is 12.7. The van der Waals surface area contributed by atoms with E-state index in [4.69, 9.17) is 0 Å². The molecule has 23 heavy (non-hydrogen) atoms. The van der Waals surface area contributed by atoms with Gasteiger partial charge in [0.25, 0.3) is 0 Å². The van der Waals surface area contributed by atoms with Gasteiger partial charge < -0.3 is 5.32 Å². The first-order chi connectivity index (χ1) is 10.8. The van der Waals surface area contributed by atoms with Crippen molar-refractivity contribution < 1.29 is 18.0 Å². The molecule has 3 rings (SSSR count). The van der Waals surface area contributed by atoms with Crippen LogP contribution >= 0.6 is 15.9 Å². The molecule has 2 N–H and O–H groups in total. The van der Waals surface area contributed by atoms with Gasteiger partial charge in [-0.1, -0.05) is 0 Å². The lowest BCUT2D eigenvalue weighted by Gasteiger charge is -2.09. The fourth-order valence-electron chi connectivity index (χ4n) is 1.84. The van der Waals surface area contributed by atoms with Crippen LogP contribution in [-0.2, 0) is 6.18 Å². The molecule has 2 aromatic rings. The van der Waals surface area contributed by atoms with E-state index in [1.807, 2.05) is 0 Å². The van der Waals surface area contributed by atoms with Crippen LogP contribution in [0.1, 0.15) is 18.4 Å². The van der Waals surface area contributed by atoms with Gasteiger partial charge in [-0.25, -0.2) is 14.5 Å². The summed E-state index contributed by atoms with van der Waals surface area (Å²) in [4.78, 5) is 15.7. The monoisotopic (exact) mass is 389 g/mol. The molecule has 0 aliphatic heterocycles. The second kappa shape index (κ2) is 5.84. The Morgan fingerprint density at radius 1 is 1.35 bits per heavy atom. The van der Waals surface area contributed by atoms with Gasteiger partial charge in [-0.3, -0.25) is 5.32 Å². The number of urea groups is 1. The second-order valence-corrected chi connectivity index (χ2v) is 5.92. The number of alkyl halides is 3. The summed E-state index contributed by atoms with van der Waals surface area (Å²) in [7, 11) is 0. The van der Waals surface area contributed by atoms with Crippen LogP contribution < -0.4 is 10.6 Å². The number of anilines is 1. The number of nitrogens with one attached hydrogen (secondary N) is 2. The maximum absolute atomic E-state index is 12.7. The number of nitrogens with zero attached hydrogens (tertiary/aromatic N) is 3. The molecule has 0 spiro atoms. The van der Waals surface area contributed by atoms with E-state index in [1.54, 1.807) is 0 Å². The second-order valence-electron chi connectivity index (χ2n) is 5.07. The number of amides is 2. The van der Waals surface area contributed by atoms with Gasteiger partial charge in [0.2, 0.25) is 0 Å². The third kappa shape index (κ3) is 3.81. The molecule has 2 amide bonds. The predicted octanol–water partition coefficient (Wildman–Crippen LogP) is 3.33. The Balaban J connectivity index is 1.82. The standard InChI is InChI=1S/C13H11BrF3N5O/c14-9-5-18-11(21-12(23)20-8-1-2-8)3-10(9)22-6-7(4-19-22)13(15,16)17/h3-6,8H,1-2H2,(H2,18,20,21,23). The molecule has 0 atom stereocenters. The number of aromatic nitrogens is 3. The number of carbonyl (C=O) groups is 1. The van der Waals surface area contributed by atoms with Crippen LogP contribution in [-0.4, -0.2) is 26.8 Å². The molecule has 2 heterocycles. The van der Waals surface area contributed by atoms with E-state index in [0.717, 1.165) is 29.9 Å². The third-order valence-corrected chi connectivity index (χ3v) is 3.76. The minimum atomic E-state index is -4.47. The highest BCUT2D eigenvalue weighted by Crippen LogP contribution is 2.30. The summed E-state index contributed by atoms with van der Waals surface area (Å²) >= 11 is 3.21. The fraction of sp³-hybridized carbons (Fsp3) is 0.308. The molecule has 2 aromatic heterocycles. The fourth-order valence-corrected chi connectivity index (χ4v) is 2.24. The van der Waals surface area contributed by atoms with Crippen molar-refractivity contribution >= 4 is 27.8 Å². The molecule has 1 aliphatic rings. The van der Waals surface area contributed by atoms with Crippen molar-refractivity contribution in [1.82, 2.24) is 20.1 Å². The Morgan fingerprint density at radius 2 is 2.09 bits per heavy atom. The molecule has 1 aliphatic carbocycles. The average molecular weight is 390 g/mol. The zero-order valence-electron chi connectivity index (χ0n) is 11.6. The van der Waals surface area contributed by atoms with Crippen molar-refractivity contribution in [2.75, 3.05) is 5.32 Å². The normalized spacial score (nSPS) is 14.6. The van der Waals surface area contributed by atoms with E-state index >= 15 is 0 Å². The molecule has 0 aromatic carbocycles. The summed E-state index contributed by atoms with van der Waals surface area (Å²) in [6.07, 6.45) is 0.411. The van der Waals surface area contributed by atoms with Crippen molar-refractivity contribution in [3.63, 3.8) is 0 Å². The van der Waals surface area contributed by atoms with E-state index < -0.39 is 17.8 Å². The summed E-state index contributed by atoms with van der Waals surface area (Å²) < 4.78 is 39.5. The van der Waals surface area contributed by atoms with Gasteiger partial charge in [0.15, 0.2) is 0 Å². The maximum Gasteiger partial charge on any atom is 0.419 e. The lowest BCUT2D eigenvalue weighted by Crippen LogP contribution is -2.30. The molecule has 6 nitrogen and oxygen atoms in total. The molecule has 122 valence electrons. The minimum Gasteiger partial charge on any atom is -0.335 e. The topological polar surface area (TPSA) is 71.8 Å². The van der Waals surface area contributed by atoms with Gasteiger partial charge >= 0.3 is 12.2 Å². The molecule has 0 saturated heterocycles. The Hall–Kier alpha value is -2.10. The summed E-state index contributed by atoms with van der Waals surface area (Å²) in [6, 6.07) is 1.22. The number of rotatable bonds is 3. The van der Waals surface area contributed by atoms with Crippen molar-refractivity contribution in [2.45, 2.75) is 25.1 Å². The van der Waals surface area contributed by atoms with Crippen molar-refractivity contribution in [2.24, 2.45) is 0 Å². The van der Waals surface area contributed by atoms with Gasteiger partial charge in [0.1, 0.15) is 5.82 Å². The van der Waals surface area contributed by atoms with Crippen LogP contribution in [0.2, 0.25) is 0 Å². The van der Waals surface area contributed by atoms with Crippen LogP contribution in [0.15, 0.2) is 29.1 Å². The lowest BCUT2D eigenvalue weighted by atomic mass is 10.3. The molecule has 0 unspecified atom stereocenters. The van der Waals surface area contributed by atoms with Crippen molar-refractivity contribution in [1.29, 1.82) is 0 Å². The quantitative estimate of drug-likeness (QED) is 0.845. The molecule has 10 heteroatoms. The molecule has 1 saturated carbocycles. The highest BCUT2D eigenvalue weighted by atomic mass is 79.9. The van der Waals surface area contributed by atoms with Crippen LogP contribution in [0.3, 0.4) is 0 Å². The number of halogens is 4. The first-order valence-corrected chi connectivity index (χ1v) is 7.47. The Kier molecular flexibility index (Phi) is 4.00. The smallest absolute Gasteiger partial charge is 0.335 e. The Morgan fingerprint density at radius 3 is 2.70 bits per heavy atom. The van der Waals surface area contributed by atoms with Crippen LogP contribution in [0.25, 0.3) is 5.69 Å². The summed E-state index contributed by atoms with van der Waals surface area (Å²) in [6.45, 7) is 0. The SMILES string of the molecule is O=C(Nc1cc(-n2cc(C(F)(F)F)cn2)c(Br)cn1)NC1CC1. The number of hydrogen-bond acceptors (Lipinski definition) is 3. The molecular weight excluding hydrogens is 379 g/mol. The zero-order chi connectivity index (χ0) is 16.6. The van der Waals surface area contributed by atoms with Crippen LogP contribution in [0, 0.1) is 0 Å². The largest absolute Gasteiger partial charge is 0.419 e. The van der Waals surface area contributed by atoms with E-state index in [9.17, 15) is 18.0 Å². The van der Waals surface area contributed by atoms with Crippen molar-refractivity contribution in [3.05, 3.63) is 34.7 Å². The van der Waals surface area contributed by atoms with Crippen LogP contribution in [0.4, 0.5) is 23.8 Å². The molecule has 0 bridgehead atoms. The van der Waals surface area contributed by atoms with Gasteiger partial charge in [0, 0.05) is 24.5 Å². The van der Waals surface area contributed by atoms with E-state index in [2.05, 4.69) is 36.6 Å². The molecular formula is C13H11BrF3N5O. The average Bonchev–Trinajstić information content (AvgIpc) is 3.12. The van der Waals surface area contributed by atoms with Crippen LogP contribution in [0.5, 0.6) is 0 Å². The summed E-state index contributed by atoms with van der Waals surface area (Å²) in [5, 5.41) is 8.97. The van der Waals surface area contributed by atoms with Crippen molar-refractivity contribution in [3.8, 4) is 5.69 Å². The lowest BCUT2D eigenvalue weighted by molar-refractivity contribution is -0.137. The van der Waals surface area contributed by atoms with Gasteiger partial charge in [-0.05, 0) is 28.8 Å². The van der Waals surface area contributed by atoms with E-state index in [1.165, 1.54) is 12.3 Å². The first kappa shape index (κ1) is 15.8. The number of hydrogen-bond donors (Lipinski definition) is 2. The predicted molar refractivity (Wildman–Crippen MR) is 79.2 cm³/mol. The summed E-state index contributed by atoms with van der Waals surface area (Å²) in [5.41, 5.74) is -0.528. The minimum absolute atomic E-state index is 0.186. The number of pyridine rings is 1. The first-order valence-electron chi connectivity index (χ1n) is 6.68. The number of carbonyl (C=O) groups excluding carboxylic acids is 1. The zero-order valence-corrected chi connectivity index (χ0v) is 13.1. The highest BCUT2D eigenvalue weighted by molar-refractivity contribution is 9.10. The third-order valence-electron chi connectivity index (χ3n) is 3.15. The molecule has 0 radical (unpaired) electrons. The van der Waals surface area contributed by atoms with Gasteiger partial charge in [0.05, 0.1) is 21.9 Å². The summed E-state index contributed by atoms with van der Waals surface area (Å²) in [5.74, 6) is 0.213. The Bertz CT molecular complexity index is 741.